The summed E-state index contributed by atoms with van der Waals surface area (Å²) in [5.41, 5.74) is -0.241. The Morgan fingerprint density at radius 1 is 1.25 bits per heavy atom. The van der Waals surface area contributed by atoms with Crippen molar-refractivity contribution >= 4 is 17.6 Å². The second-order valence-corrected chi connectivity index (χ2v) is 7.63. The molecule has 1 aliphatic heterocycles. The van der Waals surface area contributed by atoms with Crippen molar-refractivity contribution in [3.05, 3.63) is 53.4 Å². The molecule has 1 saturated heterocycles. The van der Waals surface area contributed by atoms with Crippen molar-refractivity contribution in [1.29, 1.82) is 0 Å². The summed E-state index contributed by atoms with van der Waals surface area (Å²) in [5, 5.41) is 2.69. The number of methoxy groups -OCH3 is 3. The molecule has 2 heterocycles. The van der Waals surface area contributed by atoms with Gasteiger partial charge in [-0.1, -0.05) is 6.07 Å². The van der Waals surface area contributed by atoms with Gasteiger partial charge in [0.2, 0.25) is 5.82 Å². The first-order valence-corrected chi connectivity index (χ1v) is 9.77. The number of halogens is 2. The lowest BCUT2D eigenvalue weighted by molar-refractivity contribution is -0.134. The zero-order valence-corrected chi connectivity index (χ0v) is 18.1. The zero-order chi connectivity index (χ0) is 23.5. The predicted octanol–water partition coefficient (Wildman–Crippen LogP) is 3.07. The molecule has 3 rings (SSSR count). The highest BCUT2D eigenvalue weighted by Crippen LogP contribution is 2.45. The van der Waals surface area contributed by atoms with E-state index >= 15 is 0 Å². The van der Waals surface area contributed by atoms with E-state index in [1.54, 1.807) is 6.92 Å². The molecule has 1 fully saturated rings. The number of esters is 1. The SMILES string of the molecule is COC[C@@]1(C)C[C@@H](c2ccc(F)c(F)c2OC)[C@H](C(=O)Nc2ccnc(C(=O)OC)c2)O1. The van der Waals surface area contributed by atoms with Gasteiger partial charge in [-0.2, -0.15) is 4.39 Å². The quantitative estimate of drug-likeness (QED) is 0.648. The highest BCUT2D eigenvalue weighted by molar-refractivity contribution is 5.96. The van der Waals surface area contributed by atoms with Crippen molar-refractivity contribution in [1.82, 2.24) is 4.98 Å². The third-order valence-corrected chi connectivity index (χ3v) is 5.24. The first-order valence-electron chi connectivity index (χ1n) is 9.77. The number of hydrogen-bond donors (Lipinski definition) is 1. The Morgan fingerprint density at radius 2 is 2.00 bits per heavy atom. The summed E-state index contributed by atoms with van der Waals surface area (Å²) in [6, 6.07) is 5.23. The summed E-state index contributed by atoms with van der Waals surface area (Å²) in [7, 11) is 3.95. The molecule has 0 bridgehead atoms. The highest BCUT2D eigenvalue weighted by atomic mass is 19.2. The minimum Gasteiger partial charge on any atom is -0.493 e. The average Bonchev–Trinajstić information content (AvgIpc) is 3.12. The van der Waals surface area contributed by atoms with Gasteiger partial charge >= 0.3 is 5.97 Å². The number of carbonyl (C=O) groups excluding carboxylic acids is 2. The Bertz CT molecular complexity index is 1020. The summed E-state index contributed by atoms with van der Waals surface area (Å²) < 4.78 is 49.1. The fourth-order valence-electron chi connectivity index (χ4n) is 3.90. The smallest absolute Gasteiger partial charge is 0.356 e. The van der Waals surface area contributed by atoms with Gasteiger partial charge in [-0.25, -0.2) is 14.2 Å². The topological polar surface area (TPSA) is 96.0 Å². The number of nitrogens with zero attached hydrogens (tertiary/aromatic N) is 1. The number of ether oxygens (including phenoxy) is 4. The molecule has 172 valence electrons. The van der Waals surface area contributed by atoms with Crippen LogP contribution in [0.25, 0.3) is 0 Å². The lowest BCUT2D eigenvalue weighted by Crippen LogP contribution is -2.35. The fraction of sp³-hybridized carbons (Fsp3) is 0.409. The maximum Gasteiger partial charge on any atom is 0.356 e. The lowest BCUT2D eigenvalue weighted by atomic mass is 9.86. The molecule has 2 aromatic rings. The first kappa shape index (κ1) is 23.6. The van der Waals surface area contributed by atoms with E-state index in [4.69, 9.17) is 14.2 Å². The number of rotatable bonds is 7. The number of benzene rings is 1. The molecule has 32 heavy (non-hydrogen) atoms. The molecule has 0 radical (unpaired) electrons. The maximum absolute atomic E-state index is 14.4. The number of carbonyl (C=O) groups is 2. The molecule has 1 amide bonds. The molecule has 1 aliphatic rings. The predicted molar refractivity (Wildman–Crippen MR) is 110 cm³/mol. The summed E-state index contributed by atoms with van der Waals surface area (Å²) in [5.74, 6) is -4.32. The normalized spacial score (nSPS) is 22.4. The van der Waals surface area contributed by atoms with Crippen LogP contribution in [0.3, 0.4) is 0 Å². The van der Waals surface area contributed by atoms with E-state index in [-0.39, 0.29) is 18.1 Å². The van der Waals surface area contributed by atoms with Gasteiger partial charge in [-0.05, 0) is 31.5 Å². The van der Waals surface area contributed by atoms with Gasteiger partial charge in [-0.3, -0.25) is 4.79 Å². The van der Waals surface area contributed by atoms with Crippen molar-refractivity contribution in [2.75, 3.05) is 33.3 Å². The van der Waals surface area contributed by atoms with E-state index in [0.29, 0.717) is 17.7 Å². The van der Waals surface area contributed by atoms with Crippen molar-refractivity contribution in [3.8, 4) is 5.75 Å². The van der Waals surface area contributed by atoms with Gasteiger partial charge in [0, 0.05) is 30.5 Å². The van der Waals surface area contributed by atoms with Crippen molar-refractivity contribution in [3.63, 3.8) is 0 Å². The molecular formula is C22H24F2N2O6. The molecule has 0 aliphatic carbocycles. The van der Waals surface area contributed by atoms with Crippen molar-refractivity contribution in [2.24, 2.45) is 0 Å². The number of nitrogens with one attached hydrogen (secondary N) is 1. The summed E-state index contributed by atoms with van der Waals surface area (Å²) >= 11 is 0. The van der Waals surface area contributed by atoms with Crippen LogP contribution in [0.1, 0.15) is 35.3 Å². The Balaban J connectivity index is 1.94. The minimum atomic E-state index is -1.14. The molecule has 3 atom stereocenters. The van der Waals surface area contributed by atoms with Crippen LogP contribution in [0.15, 0.2) is 30.5 Å². The molecule has 1 aromatic carbocycles. The fourth-order valence-corrected chi connectivity index (χ4v) is 3.90. The number of pyridine rings is 1. The Morgan fingerprint density at radius 3 is 2.66 bits per heavy atom. The van der Waals surface area contributed by atoms with Gasteiger partial charge < -0.3 is 24.3 Å². The Labute approximate surface area is 183 Å². The van der Waals surface area contributed by atoms with Crippen LogP contribution in [0.5, 0.6) is 5.75 Å². The number of amides is 1. The van der Waals surface area contributed by atoms with Gasteiger partial charge in [-0.15, -0.1) is 0 Å². The second-order valence-electron chi connectivity index (χ2n) is 7.63. The van der Waals surface area contributed by atoms with E-state index in [1.807, 2.05) is 0 Å². The van der Waals surface area contributed by atoms with Crippen LogP contribution in [-0.4, -0.2) is 56.5 Å². The van der Waals surface area contributed by atoms with E-state index in [1.165, 1.54) is 45.7 Å². The monoisotopic (exact) mass is 450 g/mol. The van der Waals surface area contributed by atoms with Gasteiger partial charge in [0.15, 0.2) is 11.6 Å². The minimum absolute atomic E-state index is 0.0145. The van der Waals surface area contributed by atoms with Crippen LogP contribution in [0.4, 0.5) is 14.5 Å². The molecule has 0 unspecified atom stereocenters. The second kappa shape index (κ2) is 9.58. The first-order chi connectivity index (χ1) is 15.2. The number of aromatic nitrogens is 1. The molecule has 10 heteroatoms. The molecule has 0 spiro atoms. The molecule has 8 nitrogen and oxygen atoms in total. The van der Waals surface area contributed by atoms with Crippen LogP contribution < -0.4 is 10.1 Å². The van der Waals surface area contributed by atoms with Crippen molar-refractivity contribution < 1.29 is 37.3 Å². The standard InChI is InChI=1S/C22H24F2N2O6/c1-22(11-29-2)10-14(13-5-6-15(23)17(24)18(13)30-3)19(32-22)20(27)26-12-7-8-25-16(9-12)21(28)31-4/h5-9,14,19H,10-11H2,1-4H3,(H,25,26,27)/t14-,19+,22+/m0/s1. The van der Waals surface area contributed by atoms with E-state index in [2.05, 4.69) is 15.0 Å². The van der Waals surface area contributed by atoms with Crippen LogP contribution in [-0.2, 0) is 19.0 Å². The van der Waals surface area contributed by atoms with Gasteiger partial charge in [0.25, 0.3) is 5.91 Å². The third-order valence-electron chi connectivity index (χ3n) is 5.24. The largest absolute Gasteiger partial charge is 0.493 e. The van der Waals surface area contributed by atoms with Gasteiger partial charge in [0.1, 0.15) is 11.8 Å². The lowest BCUT2D eigenvalue weighted by Gasteiger charge is -2.23. The van der Waals surface area contributed by atoms with E-state index in [0.717, 1.165) is 6.07 Å². The maximum atomic E-state index is 14.4. The van der Waals surface area contributed by atoms with Crippen LogP contribution >= 0.6 is 0 Å². The van der Waals surface area contributed by atoms with Crippen LogP contribution in [0.2, 0.25) is 0 Å². The Kier molecular flexibility index (Phi) is 7.05. The van der Waals surface area contributed by atoms with E-state index < -0.39 is 41.1 Å². The van der Waals surface area contributed by atoms with Crippen molar-refractivity contribution in [2.45, 2.75) is 31.0 Å². The summed E-state index contributed by atoms with van der Waals surface area (Å²) in [6.07, 6.45) is 0.579. The molecule has 0 saturated carbocycles. The number of hydrogen-bond acceptors (Lipinski definition) is 7. The number of anilines is 1. The highest BCUT2D eigenvalue weighted by Gasteiger charge is 2.48. The third kappa shape index (κ3) is 4.71. The van der Waals surface area contributed by atoms with Crippen LogP contribution in [0, 0.1) is 11.6 Å². The van der Waals surface area contributed by atoms with E-state index in [9.17, 15) is 18.4 Å². The average molecular weight is 450 g/mol. The molecule has 1 N–H and O–H groups in total. The zero-order valence-electron chi connectivity index (χ0n) is 18.1. The molecular weight excluding hydrogens is 426 g/mol. The summed E-state index contributed by atoms with van der Waals surface area (Å²) in [4.78, 5) is 28.8. The molecule has 1 aromatic heterocycles. The van der Waals surface area contributed by atoms with Gasteiger partial charge in [0.05, 0.1) is 26.4 Å². The Hall–Kier alpha value is -3.11. The summed E-state index contributed by atoms with van der Waals surface area (Å²) in [6.45, 7) is 1.95.